The Morgan fingerprint density at radius 1 is 1.07 bits per heavy atom. The van der Waals surface area contributed by atoms with Gasteiger partial charge in [0.2, 0.25) is 5.91 Å². The van der Waals surface area contributed by atoms with Gasteiger partial charge in [0.15, 0.2) is 11.6 Å². The molecule has 0 aromatic heterocycles. The molecule has 8 heteroatoms. The first-order chi connectivity index (χ1) is 13.0. The highest BCUT2D eigenvalue weighted by Gasteiger charge is 2.38. The highest BCUT2D eigenvalue weighted by Crippen LogP contribution is 2.24. The molecule has 0 unspecified atom stereocenters. The Hall–Kier alpha value is -3.03. The number of rotatable bonds is 5. The molecule has 1 atom stereocenters. The van der Waals surface area contributed by atoms with E-state index in [9.17, 15) is 27.9 Å². The Kier molecular flexibility index (Phi) is 6.33. The van der Waals surface area contributed by atoms with Crippen molar-refractivity contribution in [1.29, 1.82) is 0 Å². The molecule has 2 aromatic carbocycles. The van der Waals surface area contributed by atoms with Crippen LogP contribution >= 0.6 is 0 Å². The van der Waals surface area contributed by atoms with Gasteiger partial charge in [0, 0.05) is 24.1 Å². The zero-order chi connectivity index (χ0) is 21.1. The summed E-state index contributed by atoms with van der Waals surface area (Å²) in [6, 6.07) is 8.24. The van der Waals surface area contributed by atoms with Gasteiger partial charge in [0.05, 0.1) is 0 Å². The first kappa shape index (κ1) is 21.3. The van der Waals surface area contributed by atoms with E-state index in [1.807, 2.05) is 0 Å². The molecule has 0 heterocycles. The van der Waals surface area contributed by atoms with E-state index in [0.717, 1.165) is 4.90 Å². The highest BCUT2D eigenvalue weighted by molar-refractivity contribution is 5.97. The van der Waals surface area contributed by atoms with E-state index in [1.165, 1.54) is 0 Å². The van der Waals surface area contributed by atoms with Crippen LogP contribution in [-0.2, 0) is 11.2 Å². The zero-order valence-electron chi connectivity index (χ0n) is 15.7. The van der Waals surface area contributed by atoms with Crippen LogP contribution in [0, 0.1) is 17.5 Å². The molecule has 150 valence electrons. The summed E-state index contributed by atoms with van der Waals surface area (Å²) >= 11 is 0. The third-order valence-electron chi connectivity index (χ3n) is 4.07. The number of carbonyl (C=O) groups is 2. The summed E-state index contributed by atoms with van der Waals surface area (Å²) in [5.74, 6) is -4.63. The van der Waals surface area contributed by atoms with Crippen LogP contribution in [0.5, 0.6) is 0 Å². The van der Waals surface area contributed by atoms with Crippen molar-refractivity contribution in [1.82, 2.24) is 4.90 Å². The Bertz CT molecular complexity index is 844. The third-order valence-corrected chi connectivity index (χ3v) is 4.07. The van der Waals surface area contributed by atoms with Gasteiger partial charge in [-0.1, -0.05) is 30.3 Å². The maximum absolute atomic E-state index is 13.9. The molecule has 0 saturated heterocycles. The summed E-state index contributed by atoms with van der Waals surface area (Å²) in [5, 5.41) is 11.7. The fraction of sp³-hybridized carbons (Fsp3) is 0.300. The Balaban J connectivity index is 2.43. The second-order valence-electron chi connectivity index (χ2n) is 7.26. The Morgan fingerprint density at radius 2 is 1.61 bits per heavy atom. The molecule has 0 radical (unpaired) electrons. The molecule has 0 aliphatic rings. The van der Waals surface area contributed by atoms with Crippen LogP contribution in [-0.4, -0.2) is 33.6 Å². The van der Waals surface area contributed by atoms with E-state index in [0.29, 0.717) is 17.7 Å². The summed E-state index contributed by atoms with van der Waals surface area (Å²) in [6.07, 6.45) is -1.37. The number of carboxylic acid groups (broad SMARTS) is 1. The van der Waals surface area contributed by atoms with Crippen LogP contribution in [0.3, 0.4) is 0 Å². The molecule has 2 aromatic rings. The monoisotopic (exact) mass is 394 g/mol. The van der Waals surface area contributed by atoms with E-state index in [1.54, 1.807) is 51.1 Å². The molecule has 2 amide bonds. The van der Waals surface area contributed by atoms with Crippen molar-refractivity contribution in [3.05, 3.63) is 65.5 Å². The molecule has 2 rings (SSSR count). The maximum atomic E-state index is 13.9. The lowest BCUT2D eigenvalue weighted by Gasteiger charge is -2.38. The van der Waals surface area contributed by atoms with Gasteiger partial charge in [0.25, 0.3) is 0 Å². The number of hydrogen-bond donors (Lipinski definition) is 2. The molecular weight excluding hydrogens is 373 g/mol. The topological polar surface area (TPSA) is 69.6 Å². The van der Waals surface area contributed by atoms with Crippen LogP contribution in [0.25, 0.3) is 0 Å². The van der Waals surface area contributed by atoms with Crippen molar-refractivity contribution in [3.8, 4) is 0 Å². The fourth-order valence-electron chi connectivity index (χ4n) is 2.89. The van der Waals surface area contributed by atoms with Crippen LogP contribution in [0.1, 0.15) is 26.3 Å². The van der Waals surface area contributed by atoms with Crippen LogP contribution in [0.15, 0.2) is 42.5 Å². The highest BCUT2D eigenvalue weighted by atomic mass is 19.1. The van der Waals surface area contributed by atoms with Gasteiger partial charge in [0.1, 0.15) is 17.5 Å². The van der Waals surface area contributed by atoms with Gasteiger partial charge in [-0.25, -0.2) is 18.0 Å². The average Bonchev–Trinajstić information content (AvgIpc) is 2.56. The van der Waals surface area contributed by atoms with Crippen molar-refractivity contribution in [2.24, 2.45) is 0 Å². The molecule has 0 fully saturated rings. The number of nitrogens with one attached hydrogen (secondary N) is 1. The molecule has 5 nitrogen and oxygen atoms in total. The summed E-state index contributed by atoms with van der Waals surface area (Å²) in [4.78, 5) is 25.6. The number of nitrogens with zero attached hydrogens (tertiary/aromatic N) is 1. The van der Waals surface area contributed by atoms with E-state index in [2.05, 4.69) is 5.32 Å². The first-order valence-corrected chi connectivity index (χ1v) is 8.52. The van der Waals surface area contributed by atoms with Crippen molar-refractivity contribution >= 4 is 17.7 Å². The molecule has 0 aliphatic carbocycles. The predicted molar refractivity (Wildman–Crippen MR) is 98.5 cm³/mol. The average molecular weight is 394 g/mol. The third kappa shape index (κ3) is 5.03. The largest absolute Gasteiger partial charge is 0.465 e. The van der Waals surface area contributed by atoms with E-state index in [-0.39, 0.29) is 6.42 Å². The van der Waals surface area contributed by atoms with Gasteiger partial charge in [-0.2, -0.15) is 0 Å². The number of carbonyl (C=O) groups excluding carboxylic acids is 1. The molecule has 28 heavy (non-hydrogen) atoms. The van der Waals surface area contributed by atoms with Crippen LogP contribution < -0.4 is 5.32 Å². The lowest BCUT2D eigenvalue weighted by molar-refractivity contribution is -0.122. The normalized spacial score (nSPS) is 12.4. The van der Waals surface area contributed by atoms with Gasteiger partial charge in [-0.15, -0.1) is 0 Å². The minimum atomic E-state index is -1.36. The molecule has 2 N–H and O–H groups in total. The van der Waals surface area contributed by atoms with Gasteiger partial charge in [-0.05, 0) is 26.3 Å². The van der Waals surface area contributed by atoms with E-state index in [4.69, 9.17) is 0 Å². The molecule has 0 aliphatic heterocycles. The standard InChI is InChI=1S/C20H21F3N2O3/c1-20(2,3)25(19(27)28)16(9-12-7-5-4-6-8-12)18(26)24-17-14(22)10-13(21)11-15(17)23/h4-8,10-11,16H,9H2,1-3H3,(H,24,26)(H,27,28)/t16-/m0/s1. The van der Waals surface area contributed by atoms with Crippen molar-refractivity contribution in [3.63, 3.8) is 0 Å². The lowest BCUT2D eigenvalue weighted by Crippen LogP contribution is -2.56. The van der Waals surface area contributed by atoms with E-state index >= 15 is 0 Å². The van der Waals surface area contributed by atoms with Crippen molar-refractivity contribution in [2.75, 3.05) is 5.32 Å². The van der Waals surface area contributed by atoms with Crippen LogP contribution in [0.4, 0.5) is 23.7 Å². The minimum absolute atomic E-state index is 0.0132. The molecule has 0 spiro atoms. The second-order valence-corrected chi connectivity index (χ2v) is 7.26. The van der Waals surface area contributed by atoms with Crippen molar-refractivity contribution < 1.29 is 27.9 Å². The van der Waals surface area contributed by atoms with E-state index < -0.39 is 46.7 Å². The first-order valence-electron chi connectivity index (χ1n) is 8.52. The Labute approximate surface area is 160 Å². The quantitative estimate of drug-likeness (QED) is 0.788. The fourth-order valence-corrected chi connectivity index (χ4v) is 2.89. The summed E-state index contributed by atoms with van der Waals surface area (Å²) < 4.78 is 41.0. The summed E-state index contributed by atoms with van der Waals surface area (Å²) in [5.41, 5.74) is -1.13. The summed E-state index contributed by atoms with van der Waals surface area (Å²) in [6.45, 7) is 4.81. The van der Waals surface area contributed by atoms with Crippen LogP contribution in [0.2, 0.25) is 0 Å². The van der Waals surface area contributed by atoms with Crippen molar-refractivity contribution in [2.45, 2.75) is 38.8 Å². The van der Waals surface area contributed by atoms with Gasteiger partial charge in [-0.3, -0.25) is 9.69 Å². The molecule has 0 saturated carbocycles. The van der Waals surface area contributed by atoms with Gasteiger partial charge >= 0.3 is 6.09 Å². The van der Waals surface area contributed by atoms with Gasteiger partial charge < -0.3 is 10.4 Å². The minimum Gasteiger partial charge on any atom is -0.465 e. The number of amides is 2. The number of hydrogen-bond acceptors (Lipinski definition) is 2. The summed E-state index contributed by atoms with van der Waals surface area (Å²) in [7, 11) is 0. The number of anilines is 1. The number of benzene rings is 2. The predicted octanol–water partition coefficient (Wildman–Crippen LogP) is 4.43. The molecular formula is C20H21F3N2O3. The maximum Gasteiger partial charge on any atom is 0.408 e. The SMILES string of the molecule is CC(C)(C)N(C(=O)O)[C@@H](Cc1ccccc1)C(=O)Nc1c(F)cc(F)cc1F. The molecule has 0 bridgehead atoms. The second kappa shape index (κ2) is 8.33. The zero-order valence-corrected chi connectivity index (χ0v) is 15.7. The number of halogens is 3. The lowest BCUT2D eigenvalue weighted by atomic mass is 9.97. The Morgan fingerprint density at radius 3 is 2.07 bits per heavy atom. The smallest absolute Gasteiger partial charge is 0.408 e.